The molecule has 0 fully saturated rings. The first-order valence-electron chi connectivity index (χ1n) is 7.87. The Morgan fingerprint density at radius 2 is 1.72 bits per heavy atom. The molecule has 8 nitrogen and oxygen atoms in total. The Labute approximate surface area is 148 Å². The lowest BCUT2D eigenvalue weighted by molar-refractivity contribution is 0.0999. The molecule has 2 aromatic heterocycles. The monoisotopic (exact) mass is 367 g/mol. The number of aromatic nitrogens is 4. The van der Waals surface area contributed by atoms with Gasteiger partial charge in [0.15, 0.2) is 5.69 Å². The Kier molecular flexibility index (Phi) is 4.58. The number of amides is 1. The van der Waals surface area contributed by atoms with Crippen LogP contribution in [0.4, 0.5) is 5.69 Å². The number of sulfonamides is 1. The number of carbonyl (C=O) groups is 1. The van der Waals surface area contributed by atoms with E-state index in [0.717, 1.165) is 16.3 Å². The second-order valence-electron chi connectivity index (χ2n) is 7.23. The van der Waals surface area contributed by atoms with E-state index in [1.54, 1.807) is 36.3 Å². The lowest BCUT2D eigenvalue weighted by Gasteiger charge is -2.22. The maximum absolute atomic E-state index is 13.0. The third kappa shape index (κ3) is 3.46. The van der Waals surface area contributed by atoms with Crippen LogP contribution in [-0.4, -0.2) is 40.1 Å². The van der Waals surface area contributed by atoms with E-state index in [-0.39, 0.29) is 16.9 Å². The molecule has 0 bridgehead atoms. The first-order chi connectivity index (χ1) is 11.2. The molecular formula is C16H25N5O3S. The quantitative estimate of drug-likeness (QED) is 0.826. The van der Waals surface area contributed by atoms with E-state index in [1.807, 2.05) is 27.7 Å². The lowest BCUT2D eigenvalue weighted by atomic mass is 10.1. The largest absolute Gasteiger partial charge is 0.292 e. The van der Waals surface area contributed by atoms with Gasteiger partial charge >= 0.3 is 0 Å². The van der Waals surface area contributed by atoms with Crippen LogP contribution >= 0.6 is 0 Å². The maximum atomic E-state index is 13.0. The molecule has 0 aliphatic carbocycles. The summed E-state index contributed by atoms with van der Waals surface area (Å²) in [5, 5.41) is 8.56. The molecule has 0 radical (unpaired) electrons. The van der Waals surface area contributed by atoms with Crippen molar-refractivity contribution in [2.45, 2.75) is 47.1 Å². The zero-order chi connectivity index (χ0) is 19.3. The van der Waals surface area contributed by atoms with Gasteiger partial charge in [-0.2, -0.15) is 14.5 Å². The van der Waals surface area contributed by atoms with Gasteiger partial charge in [-0.15, -0.1) is 0 Å². The van der Waals surface area contributed by atoms with Crippen molar-refractivity contribution >= 4 is 21.6 Å². The van der Waals surface area contributed by atoms with E-state index in [4.69, 9.17) is 0 Å². The van der Waals surface area contributed by atoms with Gasteiger partial charge in [-0.05, 0) is 47.6 Å². The fourth-order valence-corrected chi connectivity index (χ4v) is 3.83. The molecule has 2 rings (SSSR count). The number of nitrogens with zero attached hydrogens (tertiary/aromatic N) is 5. The van der Waals surface area contributed by atoms with Gasteiger partial charge in [-0.1, -0.05) is 0 Å². The molecular weight excluding hydrogens is 342 g/mol. The van der Waals surface area contributed by atoms with Crippen LogP contribution in [0.5, 0.6) is 0 Å². The molecule has 1 amide bonds. The van der Waals surface area contributed by atoms with Gasteiger partial charge < -0.3 is 0 Å². The van der Waals surface area contributed by atoms with Crippen LogP contribution in [-0.2, 0) is 22.6 Å². The summed E-state index contributed by atoms with van der Waals surface area (Å²) in [7, 11) is -2.15. The zero-order valence-electron chi connectivity index (χ0n) is 15.9. The molecule has 138 valence electrons. The zero-order valence-corrected chi connectivity index (χ0v) is 16.8. The van der Waals surface area contributed by atoms with Crippen molar-refractivity contribution < 1.29 is 13.2 Å². The number of carbonyl (C=O) groups excluding carboxylic acids is 1. The Morgan fingerprint density at radius 3 is 2.08 bits per heavy atom. The van der Waals surface area contributed by atoms with Crippen molar-refractivity contribution in [2.24, 2.45) is 7.05 Å². The number of aryl methyl sites for hydroxylation is 3. The maximum Gasteiger partial charge on any atom is 0.292 e. The number of anilines is 1. The molecule has 9 heteroatoms. The summed E-state index contributed by atoms with van der Waals surface area (Å²) < 4.78 is 28.8. The van der Waals surface area contributed by atoms with E-state index in [1.165, 1.54) is 0 Å². The van der Waals surface area contributed by atoms with Crippen LogP contribution in [0.2, 0.25) is 0 Å². The minimum absolute atomic E-state index is 0.0838. The highest BCUT2D eigenvalue weighted by molar-refractivity contribution is 7.92. The van der Waals surface area contributed by atoms with Crippen molar-refractivity contribution in [3.05, 3.63) is 28.8 Å². The van der Waals surface area contributed by atoms with Gasteiger partial charge in [0.1, 0.15) is 5.69 Å². The van der Waals surface area contributed by atoms with Gasteiger partial charge in [0, 0.05) is 12.7 Å². The van der Waals surface area contributed by atoms with Crippen molar-refractivity contribution in [3.63, 3.8) is 0 Å². The number of hydrogen-bond acceptors (Lipinski definition) is 5. The summed E-state index contributed by atoms with van der Waals surface area (Å²) in [6.45, 7) is 11.1. The molecule has 0 aliphatic rings. The minimum Gasteiger partial charge on any atom is -0.270 e. The van der Waals surface area contributed by atoms with Crippen molar-refractivity contribution in [2.75, 3.05) is 10.6 Å². The summed E-state index contributed by atoms with van der Waals surface area (Å²) in [6.07, 6.45) is 1.00. The molecule has 0 atom stereocenters. The topological polar surface area (TPSA) is 90.1 Å². The number of rotatable bonds is 3. The van der Waals surface area contributed by atoms with Crippen LogP contribution in [0.25, 0.3) is 0 Å². The Balaban J connectivity index is 2.64. The molecule has 0 saturated carbocycles. The summed E-state index contributed by atoms with van der Waals surface area (Å²) in [6, 6.07) is 1.60. The van der Waals surface area contributed by atoms with Crippen LogP contribution < -0.4 is 4.31 Å². The molecule has 2 heterocycles. The summed E-state index contributed by atoms with van der Waals surface area (Å²) in [5.41, 5.74) is 1.87. The summed E-state index contributed by atoms with van der Waals surface area (Å²) >= 11 is 0. The molecule has 0 spiro atoms. The highest BCUT2D eigenvalue weighted by atomic mass is 32.2. The summed E-state index contributed by atoms with van der Waals surface area (Å²) in [4.78, 5) is 13.0. The second-order valence-corrected chi connectivity index (χ2v) is 9.06. The van der Waals surface area contributed by atoms with Crippen molar-refractivity contribution in [3.8, 4) is 0 Å². The highest BCUT2D eigenvalue weighted by Crippen LogP contribution is 2.28. The second kappa shape index (κ2) is 5.98. The molecule has 0 unspecified atom stereocenters. The molecule has 0 aliphatic heterocycles. The van der Waals surface area contributed by atoms with Gasteiger partial charge in [0.2, 0.25) is 10.0 Å². The lowest BCUT2D eigenvalue weighted by Crippen LogP contribution is -2.37. The number of hydrogen-bond donors (Lipinski definition) is 0. The third-order valence-electron chi connectivity index (χ3n) is 3.93. The van der Waals surface area contributed by atoms with Gasteiger partial charge in [0.25, 0.3) is 5.91 Å². The Morgan fingerprint density at radius 1 is 1.16 bits per heavy atom. The van der Waals surface area contributed by atoms with Crippen LogP contribution in [0.1, 0.15) is 48.3 Å². The molecule has 0 aromatic carbocycles. The van der Waals surface area contributed by atoms with Crippen molar-refractivity contribution in [1.82, 2.24) is 19.6 Å². The molecule has 0 N–H and O–H groups in total. The molecule has 25 heavy (non-hydrogen) atoms. The van der Waals surface area contributed by atoms with Crippen LogP contribution in [0, 0.1) is 20.8 Å². The minimum atomic E-state index is -3.85. The van der Waals surface area contributed by atoms with Crippen molar-refractivity contribution in [1.29, 1.82) is 0 Å². The van der Waals surface area contributed by atoms with Gasteiger partial charge in [-0.3, -0.25) is 14.2 Å². The normalized spacial score (nSPS) is 12.5. The predicted octanol–water partition coefficient (Wildman–Crippen LogP) is 1.90. The average Bonchev–Trinajstić information content (AvgIpc) is 2.93. The van der Waals surface area contributed by atoms with Crippen LogP contribution in [0.15, 0.2) is 6.07 Å². The Hall–Kier alpha value is -2.16. The van der Waals surface area contributed by atoms with E-state index < -0.39 is 15.9 Å². The first kappa shape index (κ1) is 19.2. The highest BCUT2D eigenvalue weighted by Gasteiger charge is 2.33. The molecule has 0 saturated heterocycles. The third-order valence-corrected chi connectivity index (χ3v) is 4.94. The average molecular weight is 367 g/mol. The van der Waals surface area contributed by atoms with Gasteiger partial charge in [0.05, 0.1) is 23.2 Å². The molecule has 2 aromatic rings. The van der Waals surface area contributed by atoms with E-state index in [2.05, 4.69) is 10.2 Å². The summed E-state index contributed by atoms with van der Waals surface area (Å²) in [5.74, 6) is -0.687. The smallest absolute Gasteiger partial charge is 0.270 e. The predicted molar refractivity (Wildman–Crippen MR) is 96.3 cm³/mol. The standard InChI is InChI=1S/C16H25N5O3S/c1-10-9-13(18-21(10)16(4,5)6)15(22)20(25(8,23)24)14-11(2)17-19(7)12(14)3/h9H,1-8H3. The SMILES string of the molecule is Cc1nn(C)c(C)c1N(C(=O)c1cc(C)n(C(C)(C)C)n1)S(C)(=O)=O. The van der Waals surface area contributed by atoms with Gasteiger partial charge in [-0.25, -0.2) is 8.42 Å². The van der Waals surface area contributed by atoms with E-state index in [9.17, 15) is 13.2 Å². The van der Waals surface area contributed by atoms with E-state index in [0.29, 0.717) is 11.4 Å². The first-order valence-corrected chi connectivity index (χ1v) is 9.72. The van der Waals surface area contributed by atoms with Crippen LogP contribution in [0.3, 0.4) is 0 Å². The fourth-order valence-electron chi connectivity index (χ4n) is 2.84. The fraction of sp³-hybridized carbons (Fsp3) is 0.562. The Bertz CT molecular complexity index is 932. The van der Waals surface area contributed by atoms with E-state index >= 15 is 0 Å².